The summed E-state index contributed by atoms with van der Waals surface area (Å²) in [5, 5.41) is 12.3. The first-order valence-electron chi connectivity index (χ1n) is 7.25. The van der Waals surface area contributed by atoms with Gasteiger partial charge < -0.3 is 20.9 Å². The summed E-state index contributed by atoms with van der Waals surface area (Å²) in [6, 6.07) is 5.79. The Morgan fingerprint density at radius 3 is 2.65 bits per heavy atom. The minimum absolute atomic E-state index is 0.105. The van der Waals surface area contributed by atoms with Crippen LogP contribution in [0.1, 0.15) is 40.5 Å². The Kier molecular flexibility index (Phi) is 6.14. The molecule has 0 aliphatic carbocycles. The molecule has 0 atom stereocenters. The van der Waals surface area contributed by atoms with Gasteiger partial charge in [0.25, 0.3) is 0 Å². The summed E-state index contributed by atoms with van der Waals surface area (Å²) >= 11 is 0. The van der Waals surface area contributed by atoms with Gasteiger partial charge in [0.05, 0.1) is 17.5 Å². The van der Waals surface area contributed by atoms with Crippen LogP contribution in [0.15, 0.2) is 18.2 Å². The zero-order chi connectivity index (χ0) is 15.2. The van der Waals surface area contributed by atoms with Crippen molar-refractivity contribution in [2.24, 2.45) is 5.41 Å². The molecule has 0 aliphatic rings. The van der Waals surface area contributed by atoms with Gasteiger partial charge in [-0.2, -0.15) is 0 Å². The first-order chi connectivity index (χ1) is 9.35. The SMILES string of the molecule is CC(C)Oc1cccc(NCC(C)(C)CCCO)c1N. The summed E-state index contributed by atoms with van der Waals surface area (Å²) in [7, 11) is 0. The number of benzene rings is 1. The summed E-state index contributed by atoms with van der Waals surface area (Å²) in [5.41, 5.74) is 7.80. The van der Waals surface area contributed by atoms with Gasteiger partial charge in [0.1, 0.15) is 5.75 Å². The van der Waals surface area contributed by atoms with E-state index in [-0.39, 0.29) is 18.1 Å². The van der Waals surface area contributed by atoms with Gasteiger partial charge in [-0.1, -0.05) is 19.9 Å². The lowest BCUT2D eigenvalue weighted by Crippen LogP contribution is -2.24. The van der Waals surface area contributed by atoms with Crippen molar-refractivity contribution in [2.75, 3.05) is 24.2 Å². The molecule has 0 fully saturated rings. The number of ether oxygens (including phenoxy) is 1. The Labute approximate surface area is 122 Å². The molecule has 0 unspecified atom stereocenters. The molecular weight excluding hydrogens is 252 g/mol. The minimum atomic E-state index is 0.105. The molecule has 1 rings (SSSR count). The predicted octanol–water partition coefficient (Wildman–Crippen LogP) is 3.27. The largest absolute Gasteiger partial charge is 0.489 e. The number of nitrogen functional groups attached to an aromatic ring is 1. The van der Waals surface area contributed by atoms with Crippen molar-refractivity contribution in [3.63, 3.8) is 0 Å². The second-order valence-corrected chi connectivity index (χ2v) is 6.23. The first-order valence-corrected chi connectivity index (χ1v) is 7.25. The van der Waals surface area contributed by atoms with Crippen LogP contribution in [0.2, 0.25) is 0 Å². The van der Waals surface area contributed by atoms with E-state index in [1.807, 2.05) is 32.0 Å². The molecule has 114 valence electrons. The Balaban J connectivity index is 2.68. The molecule has 0 aromatic heterocycles. The molecule has 0 saturated heterocycles. The molecule has 0 bridgehead atoms. The number of para-hydroxylation sites is 1. The molecule has 4 heteroatoms. The molecule has 1 aromatic rings. The zero-order valence-electron chi connectivity index (χ0n) is 13.1. The van der Waals surface area contributed by atoms with E-state index in [0.717, 1.165) is 30.8 Å². The van der Waals surface area contributed by atoms with Crippen molar-refractivity contribution in [2.45, 2.75) is 46.6 Å². The van der Waals surface area contributed by atoms with Gasteiger partial charge in [0.2, 0.25) is 0 Å². The highest BCUT2D eigenvalue weighted by Gasteiger charge is 2.18. The molecule has 4 nitrogen and oxygen atoms in total. The number of aliphatic hydroxyl groups excluding tert-OH is 1. The smallest absolute Gasteiger partial charge is 0.144 e. The van der Waals surface area contributed by atoms with Gasteiger partial charge in [-0.05, 0) is 44.2 Å². The van der Waals surface area contributed by atoms with Crippen LogP contribution in [0.25, 0.3) is 0 Å². The van der Waals surface area contributed by atoms with Crippen LogP contribution in [0.4, 0.5) is 11.4 Å². The molecular formula is C16H28N2O2. The van der Waals surface area contributed by atoms with Gasteiger partial charge in [-0.25, -0.2) is 0 Å². The second-order valence-electron chi connectivity index (χ2n) is 6.23. The fourth-order valence-electron chi connectivity index (χ4n) is 2.04. The summed E-state index contributed by atoms with van der Waals surface area (Å²) in [6.45, 7) is 9.38. The zero-order valence-corrected chi connectivity index (χ0v) is 13.1. The maximum absolute atomic E-state index is 8.92. The van der Waals surface area contributed by atoms with E-state index in [9.17, 15) is 0 Å². The molecule has 0 radical (unpaired) electrons. The molecule has 0 heterocycles. The van der Waals surface area contributed by atoms with E-state index in [0.29, 0.717) is 5.69 Å². The third kappa shape index (κ3) is 5.29. The van der Waals surface area contributed by atoms with Crippen LogP contribution in [0.5, 0.6) is 5.75 Å². The number of nitrogens with two attached hydrogens (primary N) is 1. The maximum Gasteiger partial charge on any atom is 0.144 e. The van der Waals surface area contributed by atoms with E-state index in [4.69, 9.17) is 15.6 Å². The summed E-state index contributed by atoms with van der Waals surface area (Å²) in [6.07, 6.45) is 1.90. The second kappa shape index (κ2) is 7.39. The molecule has 0 spiro atoms. The number of aliphatic hydroxyl groups is 1. The van der Waals surface area contributed by atoms with Crippen molar-refractivity contribution < 1.29 is 9.84 Å². The van der Waals surface area contributed by atoms with Crippen LogP contribution < -0.4 is 15.8 Å². The number of hydrogen-bond donors (Lipinski definition) is 3. The lowest BCUT2D eigenvalue weighted by Gasteiger charge is -2.26. The van der Waals surface area contributed by atoms with E-state index in [2.05, 4.69) is 19.2 Å². The lowest BCUT2D eigenvalue weighted by molar-refractivity contribution is 0.244. The van der Waals surface area contributed by atoms with E-state index in [1.165, 1.54) is 0 Å². The maximum atomic E-state index is 8.92. The molecule has 1 aromatic carbocycles. The fourth-order valence-corrected chi connectivity index (χ4v) is 2.04. The van der Waals surface area contributed by atoms with E-state index >= 15 is 0 Å². The third-order valence-corrected chi connectivity index (χ3v) is 3.20. The highest BCUT2D eigenvalue weighted by Crippen LogP contribution is 2.31. The van der Waals surface area contributed by atoms with Crippen molar-refractivity contribution >= 4 is 11.4 Å². The van der Waals surface area contributed by atoms with Crippen molar-refractivity contribution in [3.05, 3.63) is 18.2 Å². The van der Waals surface area contributed by atoms with Crippen LogP contribution >= 0.6 is 0 Å². The van der Waals surface area contributed by atoms with Gasteiger partial charge >= 0.3 is 0 Å². The molecule has 0 aliphatic heterocycles. The third-order valence-electron chi connectivity index (χ3n) is 3.20. The van der Waals surface area contributed by atoms with Crippen molar-refractivity contribution in [3.8, 4) is 5.75 Å². The molecule has 20 heavy (non-hydrogen) atoms. The predicted molar refractivity (Wildman–Crippen MR) is 85.2 cm³/mol. The van der Waals surface area contributed by atoms with Crippen LogP contribution in [-0.4, -0.2) is 24.4 Å². The number of anilines is 2. The van der Waals surface area contributed by atoms with Crippen molar-refractivity contribution in [1.82, 2.24) is 0 Å². The van der Waals surface area contributed by atoms with E-state index in [1.54, 1.807) is 0 Å². The standard InChI is InChI=1S/C16H28N2O2/c1-12(2)20-14-8-5-7-13(15(14)17)18-11-16(3,4)9-6-10-19/h5,7-8,12,18-19H,6,9-11,17H2,1-4H3. The number of rotatable bonds is 8. The number of nitrogens with one attached hydrogen (secondary N) is 1. The summed E-state index contributed by atoms with van der Waals surface area (Å²) in [5.74, 6) is 0.721. The lowest BCUT2D eigenvalue weighted by atomic mass is 9.88. The molecule has 0 amide bonds. The normalized spacial score (nSPS) is 11.7. The van der Waals surface area contributed by atoms with Gasteiger partial charge in [-0.3, -0.25) is 0 Å². The Hall–Kier alpha value is -1.42. The summed E-state index contributed by atoms with van der Waals surface area (Å²) in [4.78, 5) is 0. The van der Waals surface area contributed by atoms with Crippen LogP contribution in [-0.2, 0) is 0 Å². The average molecular weight is 280 g/mol. The van der Waals surface area contributed by atoms with Crippen LogP contribution in [0.3, 0.4) is 0 Å². The average Bonchev–Trinajstić information content (AvgIpc) is 2.37. The number of hydrogen-bond acceptors (Lipinski definition) is 4. The molecule has 4 N–H and O–H groups in total. The first kappa shape index (κ1) is 16.6. The highest BCUT2D eigenvalue weighted by molar-refractivity contribution is 5.73. The Morgan fingerprint density at radius 1 is 1.35 bits per heavy atom. The van der Waals surface area contributed by atoms with E-state index < -0.39 is 0 Å². The van der Waals surface area contributed by atoms with Gasteiger partial charge in [-0.15, -0.1) is 0 Å². The monoisotopic (exact) mass is 280 g/mol. The van der Waals surface area contributed by atoms with Gasteiger partial charge in [0.15, 0.2) is 0 Å². The Bertz CT molecular complexity index is 417. The highest BCUT2D eigenvalue weighted by atomic mass is 16.5. The fraction of sp³-hybridized carbons (Fsp3) is 0.625. The minimum Gasteiger partial charge on any atom is -0.489 e. The molecule has 0 saturated carbocycles. The van der Waals surface area contributed by atoms with Gasteiger partial charge in [0, 0.05) is 13.2 Å². The Morgan fingerprint density at radius 2 is 2.05 bits per heavy atom. The quantitative estimate of drug-likeness (QED) is 0.639. The summed E-state index contributed by atoms with van der Waals surface area (Å²) < 4.78 is 5.68. The van der Waals surface area contributed by atoms with Crippen molar-refractivity contribution in [1.29, 1.82) is 0 Å². The topological polar surface area (TPSA) is 67.5 Å². The van der Waals surface area contributed by atoms with Crippen LogP contribution in [0, 0.1) is 5.41 Å².